The number of terminal acetylenes is 1. The molecule has 0 saturated heterocycles. The summed E-state index contributed by atoms with van der Waals surface area (Å²) in [5.41, 5.74) is 0. The van der Waals surface area contributed by atoms with Crippen molar-refractivity contribution in [2.75, 3.05) is 0 Å². The number of aliphatic hydroxyl groups excluding tert-OH is 2. The fourth-order valence-electron chi connectivity index (χ4n) is 0.530. The summed E-state index contributed by atoms with van der Waals surface area (Å²) >= 11 is 0. The zero-order chi connectivity index (χ0) is 7.98. The van der Waals surface area contributed by atoms with Crippen molar-refractivity contribution in [2.45, 2.75) is 25.0 Å². The summed E-state index contributed by atoms with van der Waals surface area (Å²) in [7, 11) is 0. The molecule has 2 unspecified atom stereocenters. The molecule has 0 aromatic carbocycles. The van der Waals surface area contributed by atoms with Crippen LogP contribution in [0.2, 0.25) is 0 Å². The molecule has 0 aromatic rings. The van der Waals surface area contributed by atoms with Crippen molar-refractivity contribution >= 4 is 0 Å². The van der Waals surface area contributed by atoms with Crippen molar-refractivity contribution in [2.24, 2.45) is 0 Å². The van der Waals surface area contributed by atoms with E-state index in [0.29, 0.717) is 12.8 Å². The Morgan fingerprint density at radius 3 is 2.50 bits per heavy atom. The van der Waals surface area contributed by atoms with Gasteiger partial charge in [0.05, 0.1) is 6.10 Å². The van der Waals surface area contributed by atoms with Crippen LogP contribution in [0.15, 0.2) is 12.7 Å². The molecule has 2 nitrogen and oxygen atoms in total. The molecule has 0 aliphatic carbocycles. The Hall–Kier alpha value is -0.780. The zero-order valence-corrected chi connectivity index (χ0v) is 5.83. The first kappa shape index (κ1) is 9.22. The summed E-state index contributed by atoms with van der Waals surface area (Å²) in [6.07, 6.45) is 5.91. The summed E-state index contributed by atoms with van der Waals surface area (Å²) in [4.78, 5) is 0. The topological polar surface area (TPSA) is 40.5 Å². The monoisotopic (exact) mass is 140 g/mol. The maximum Gasteiger partial charge on any atom is 0.114 e. The SMILES string of the molecule is C#CC(O)CCC(O)C=C. The predicted octanol–water partition coefficient (Wildman–Crippen LogP) is 0.308. The minimum atomic E-state index is -0.741. The molecule has 0 aromatic heterocycles. The van der Waals surface area contributed by atoms with Gasteiger partial charge in [0.15, 0.2) is 0 Å². The van der Waals surface area contributed by atoms with E-state index < -0.39 is 12.2 Å². The van der Waals surface area contributed by atoms with Crippen molar-refractivity contribution in [3.8, 4) is 12.3 Å². The highest BCUT2D eigenvalue weighted by molar-refractivity contribution is 4.94. The number of aliphatic hydroxyl groups is 2. The lowest BCUT2D eigenvalue weighted by Crippen LogP contribution is -2.08. The lowest BCUT2D eigenvalue weighted by Gasteiger charge is -2.05. The van der Waals surface area contributed by atoms with Crippen molar-refractivity contribution in [1.82, 2.24) is 0 Å². The van der Waals surface area contributed by atoms with Gasteiger partial charge in [-0.1, -0.05) is 12.0 Å². The third-order valence-electron chi connectivity index (χ3n) is 1.20. The van der Waals surface area contributed by atoms with E-state index in [1.165, 1.54) is 6.08 Å². The van der Waals surface area contributed by atoms with Gasteiger partial charge in [-0.15, -0.1) is 13.0 Å². The van der Waals surface area contributed by atoms with Gasteiger partial charge < -0.3 is 10.2 Å². The van der Waals surface area contributed by atoms with Crippen LogP contribution in [-0.2, 0) is 0 Å². The molecule has 0 radical (unpaired) electrons. The molecule has 56 valence electrons. The van der Waals surface area contributed by atoms with Gasteiger partial charge in [0.25, 0.3) is 0 Å². The smallest absolute Gasteiger partial charge is 0.114 e. The van der Waals surface area contributed by atoms with Crippen LogP contribution in [0.25, 0.3) is 0 Å². The molecule has 0 saturated carbocycles. The maximum atomic E-state index is 8.90. The van der Waals surface area contributed by atoms with Gasteiger partial charge >= 0.3 is 0 Å². The third kappa shape index (κ3) is 4.13. The molecule has 10 heavy (non-hydrogen) atoms. The second kappa shape index (κ2) is 5.04. The van der Waals surface area contributed by atoms with Crippen LogP contribution in [0.4, 0.5) is 0 Å². The van der Waals surface area contributed by atoms with E-state index in [4.69, 9.17) is 16.6 Å². The van der Waals surface area contributed by atoms with Gasteiger partial charge in [-0.3, -0.25) is 0 Å². The summed E-state index contributed by atoms with van der Waals surface area (Å²) in [5.74, 6) is 2.15. The maximum absolute atomic E-state index is 8.90. The van der Waals surface area contributed by atoms with Crippen molar-refractivity contribution in [3.05, 3.63) is 12.7 Å². The molecule has 0 aliphatic heterocycles. The number of rotatable bonds is 4. The second-order valence-corrected chi connectivity index (χ2v) is 2.06. The van der Waals surface area contributed by atoms with E-state index in [9.17, 15) is 0 Å². The van der Waals surface area contributed by atoms with Gasteiger partial charge in [0.1, 0.15) is 6.10 Å². The van der Waals surface area contributed by atoms with E-state index in [1.54, 1.807) is 0 Å². The Bertz CT molecular complexity index is 135. The molecule has 0 rings (SSSR count). The van der Waals surface area contributed by atoms with Crippen molar-refractivity contribution in [3.63, 3.8) is 0 Å². The molecule has 0 amide bonds. The van der Waals surface area contributed by atoms with Crippen molar-refractivity contribution < 1.29 is 10.2 Å². The van der Waals surface area contributed by atoms with E-state index in [2.05, 4.69) is 12.5 Å². The van der Waals surface area contributed by atoms with Crippen LogP contribution in [0.5, 0.6) is 0 Å². The molecule has 0 heterocycles. The summed E-state index contributed by atoms with van der Waals surface area (Å²) < 4.78 is 0. The first-order valence-corrected chi connectivity index (χ1v) is 3.15. The Morgan fingerprint density at radius 1 is 1.50 bits per heavy atom. The van der Waals surface area contributed by atoms with Crippen LogP contribution in [0.3, 0.4) is 0 Å². The van der Waals surface area contributed by atoms with E-state index in [0.717, 1.165) is 0 Å². The molecule has 2 heteroatoms. The summed E-state index contributed by atoms with van der Waals surface area (Å²) in [5, 5.41) is 17.7. The summed E-state index contributed by atoms with van der Waals surface area (Å²) in [6.45, 7) is 3.38. The average Bonchev–Trinajstić information content (AvgIpc) is 1.99. The summed E-state index contributed by atoms with van der Waals surface area (Å²) in [6, 6.07) is 0. The lowest BCUT2D eigenvalue weighted by atomic mass is 10.1. The molecule has 0 fully saturated rings. The number of hydrogen-bond acceptors (Lipinski definition) is 2. The van der Waals surface area contributed by atoms with Gasteiger partial charge in [-0.25, -0.2) is 0 Å². The molecule has 0 spiro atoms. The van der Waals surface area contributed by atoms with Crippen LogP contribution in [0.1, 0.15) is 12.8 Å². The van der Waals surface area contributed by atoms with Gasteiger partial charge in [0, 0.05) is 0 Å². The fourth-order valence-corrected chi connectivity index (χ4v) is 0.530. The molecule has 2 atom stereocenters. The average molecular weight is 140 g/mol. The zero-order valence-electron chi connectivity index (χ0n) is 5.83. The highest BCUT2D eigenvalue weighted by atomic mass is 16.3. The van der Waals surface area contributed by atoms with Crippen LogP contribution < -0.4 is 0 Å². The predicted molar refractivity (Wildman–Crippen MR) is 40.3 cm³/mol. The third-order valence-corrected chi connectivity index (χ3v) is 1.20. The van der Waals surface area contributed by atoms with Gasteiger partial charge in [0.2, 0.25) is 0 Å². The van der Waals surface area contributed by atoms with E-state index in [-0.39, 0.29) is 0 Å². The Kier molecular flexibility index (Phi) is 4.65. The van der Waals surface area contributed by atoms with Crippen LogP contribution in [0, 0.1) is 12.3 Å². The lowest BCUT2D eigenvalue weighted by molar-refractivity contribution is 0.167. The minimum absolute atomic E-state index is 0.420. The first-order chi connectivity index (χ1) is 4.70. The molecular weight excluding hydrogens is 128 g/mol. The van der Waals surface area contributed by atoms with Crippen LogP contribution in [-0.4, -0.2) is 22.4 Å². The first-order valence-electron chi connectivity index (χ1n) is 3.15. The normalized spacial score (nSPS) is 15.3. The molecule has 0 bridgehead atoms. The van der Waals surface area contributed by atoms with Gasteiger partial charge in [-0.05, 0) is 12.8 Å². The van der Waals surface area contributed by atoms with E-state index in [1.807, 2.05) is 0 Å². The fraction of sp³-hybridized carbons (Fsp3) is 0.500. The number of hydrogen-bond donors (Lipinski definition) is 2. The Morgan fingerprint density at radius 2 is 2.10 bits per heavy atom. The Labute approximate surface area is 61.2 Å². The standard InChI is InChI=1S/C8H12O2/c1-3-7(9)5-6-8(10)4-2/h1,4,7-10H,2,5-6H2. The highest BCUT2D eigenvalue weighted by Gasteiger charge is 2.02. The van der Waals surface area contributed by atoms with E-state index >= 15 is 0 Å². The van der Waals surface area contributed by atoms with Gasteiger partial charge in [-0.2, -0.15) is 0 Å². The quantitative estimate of drug-likeness (QED) is 0.436. The van der Waals surface area contributed by atoms with Crippen molar-refractivity contribution in [1.29, 1.82) is 0 Å². The minimum Gasteiger partial charge on any atom is -0.389 e. The highest BCUT2D eigenvalue weighted by Crippen LogP contribution is 2.00. The second-order valence-electron chi connectivity index (χ2n) is 2.06. The Balaban J connectivity index is 3.37. The molecule has 0 aliphatic rings. The van der Waals surface area contributed by atoms with Crippen LogP contribution >= 0.6 is 0 Å². The molecular formula is C8H12O2. The molecule has 2 N–H and O–H groups in total. The largest absolute Gasteiger partial charge is 0.389 e.